The number of amides is 1. The minimum Gasteiger partial charge on any atom is -0.311 e. The van der Waals surface area contributed by atoms with E-state index < -0.39 is 0 Å². The first-order valence-corrected chi connectivity index (χ1v) is 3.01. The van der Waals surface area contributed by atoms with Gasteiger partial charge in [0.15, 0.2) is 0 Å². The summed E-state index contributed by atoms with van der Waals surface area (Å²) in [5.74, 6) is 5.22. The van der Waals surface area contributed by atoms with Crippen LogP contribution >= 0.6 is 12.2 Å². The molecule has 1 rings (SSSR count). The second-order valence-corrected chi connectivity index (χ2v) is 2.12. The van der Waals surface area contributed by atoms with Crippen molar-refractivity contribution in [1.82, 2.24) is 10.7 Å². The third kappa shape index (κ3) is 1.49. The first kappa shape index (κ1) is 7.10. The molecule has 0 aromatic carbocycles. The third-order valence-electron chi connectivity index (χ3n) is 0.977. The van der Waals surface area contributed by atoms with E-state index in [9.17, 15) is 4.79 Å². The van der Waals surface area contributed by atoms with Crippen molar-refractivity contribution in [2.45, 2.75) is 6.42 Å². The zero-order valence-electron chi connectivity index (χ0n) is 5.05. The highest BCUT2D eigenvalue weighted by Gasteiger charge is 2.13. The van der Waals surface area contributed by atoms with Crippen molar-refractivity contribution in [3.05, 3.63) is 0 Å². The second kappa shape index (κ2) is 2.72. The molecule has 0 radical (unpaired) electrons. The number of nitrogens with two attached hydrogens (primary N) is 1. The van der Waals surface area contributed by atoms with Gasteiger partial charge >= 0.3 is 0 Å². The van der Waals surface area contributed by atoms with Crippen LogP contribution in [-0.4, -0.2) is 16.9 Å². The molecule has 1 aliphatic rings. The van der Waals surface area contributed by atoms with E-state index in [1.165, 1.54) is 0 Å². The predicted octanol–water partition coefficient (Wildman–Crippen LogP) is -1.35. The van der Waals surface area contributed by atoms with Crippen LogP contribution in [0.3, 0.4) is 0 Å². The second-order valence-electron chi connectivity index (χ2n) is 1.73. The van der Waals surface area contributed by atoms with Crippen LogP contribution in [0.5, 0.6) is 0 Å². The number of hydrogen-bond donors (Lipinski definition) is 3. The number of nitrogens with zero attached hydrogens (tertiary/aromatic N) is 1. The molecule has 5 nitrogen and oxygen atoms in total. The number of aliphatic imine (C=N–C) groups is 1. The van der Waals surface area contributed by atoms with E-state index in [2.05, 4.69) is 28.0 Å². The van der Waals surface area contributed by atoms with E-state index in [0.29, 0.717) is 5.84 Å². The average Bonchev–Trinajstić information content (AvgIpc) is 1.85. The molecular formula is C4H6N4OS. The Labute approximate surface area is 62.7 Å². The normalized spacial score (nSPS) is 17.9. The van der Waals surface area contributed by atoms with Crippen LogP contribution in [0.2, 0.25) is 0 Å². The van der Waals surface area contributed by atoms with Gasteiger partial charge in [0.2, 0.25) is 11.0 Å². The first-order valence-electron chi connectivity index (χ1n) is 2.60. The SMILES string of the molecule is NNC1=NC(=S)NC(=O)C1. The zero-order valence-corrected chi connectivity index (χ0v) is 5.86. The predicted molar refractivity (Wildman–Crippen MR) is 40.1 cm³/mol. The molecule has 1 aliphatic heterocycles. The number of hydrogen-bond acceptors (Lipinski definition) is 4. The minimum atomic E-state index is -0.187. The van der Waals surface area contributed by atoms with Crippen molar-refractivity contribution in [2.24, 2.45) is 10.8 Å². The topological polar surface area (TPSA) is 79.5 Å². The lowest BCUT2D eigenvalue weighted by molar-refractivity contribution is -0.118. The maximum absolute atomic E-state index is 10.7. The maximum Gasteiger partial charge on any atom is 0.233 e. The fourth-order valence-electron chi connectivity index (χ4n) is 0.589. The highest BCUT2D eigenvalue weighted by molar-refractivity contribution is 7.80. The Bertz CT molecular complexity index is 211. The molecule has 0 atom stereocenters. The van der Waals surface area contributed by atoms with Crippen LogP contribution < -0.4 is 16.6 Å². The van der Waals surface area contributed by atoms with Gasteiger partial charge in [-0.1, -0.05) is 0 Å². The van der Waals surface area contributed by atoms with Crippen molar-refractivity contribution >= 4 is 29.1 Å². The summed E-state index contributed by atoms with van der Waals surface area (Å²) in [7, 11) is 0. The molecule has 0 aromatic rings. The summed E-state index contributed by atoms with van der Waals surface area (Å²) in [5, 5.41) is 2.51. The molecule has 1 heterocycles. The molecule has 0 saturated heterocycles. The molecule has 0 saturated carbocycles. The summed E-state index contributed by atoms with van der Waals surface area (Å²) in [5.41, 5.74) is 2.27. The van der Waals surface area contributed by atoms with Crippen LogP contribution in [0.1, 0.15) is 6.42 Å². The third-order valence-corrected chi connectivity index (χ3v) is 1.17. The van der Waals surface area contributed by atoms with Crippen LogP contribution in [-0.2, 0) is 4.79 Å². The Kier molecular flexibility index (Phi) is 1.93. The van der Waals surface area contributed by atoms with Crippen LogP contribution in [0.4, 0.5) is 0 Å². The number of thiocarbonyl (C=S) groups is 1. The van der Waals surface area contributed by atoms with E-state index in [1.54, 1.807) is 0 Å². The number of carbonyl (C=O) groups is 1. The van der Waals surface area contributed by atoms with Gasteiger partial charge in [-0.15, -0.1) is 0 Å². The lowest BCUT2D eigenvalue weighted by Crippen LogP contribution is -2.42. The Morgan fingerprint density at radius 2 is 2.50 bits per heavy atom. The molecule has 0 spiro atoms. The number of amidine groups is 1. The monoisotopic (exact) mass is 158 g/mol. The lowest BCUT2D eigenvalue weighted by atomic mass is 10.3. The van der Waals surface area contributed by atoms with Crippen molar-refractivity contribution < 1.29 is 4.79 Å². The Morgan fingerprint density at radius 1 is 1.80 bits per heavy atom. The van der Waals surface area contributed by atoms with E-state index in [0.717, 1.165) is 0 Å². The molecule has 0 bridgehead atoms. The molecule has 0 aliphatic carbocycles. The maximum atomic E-state index is 10.7. The standard InChI is InChI=1S/C4H6N4OS/c5-8-2-1-3(9)7-4(10)6-2/h1,5H2,(H2,6,7,8,9,10). The summed E-state index contributed by atoms with van der Waals surface area (Å²) >= 11 is 4.61. The summed E-state index contributed by atoms with van der Waals surface area (Å²) < 4.78 is 0. The van der Waals surface area contributed by atoms with Gasteiger partial charge in [0.1, 0.15) is 5.84 Å². The van der Waals surface area contributed by atoms with E-state index in [1.807, 2.05) is 0 Å². The molecule has 0 aromatic heterocycles. The molecule has 0 unspecified atom stereocenters. The highest BCUT2D eigenvalue weighted by Crippen LogP contribution is 1.92. The minimum absolute atomic E-state index is 0.157. The summed E-state index contributed by atoms with van der Waals surface area (Å²) in [4.78, 5) is 14.4. The first-order chi connectivity index (χ1) is 4.72. The van der Waals surface area contributed by atoms with Crippen molar-refractivity contribution in [1.29, 1.82) is 0 Å². The fourth-order valence-corrected chi connectivity index (χ4v) is 0.813. The molecule has 0 fully saturated rings. The molecule has 1 amide bonds. The Morgan fingerprint density at radius 3 is 3.00 bits per heavy atom. The van der Waals surface area contributed by atoms with Crippen LogP contribution in [0.15, 0.2) is 4.99 Å². The Hall–Kier alpha value is -1.01. The summed E-state index contributed by atoms with van der Waals surface area (Å²) in [6.45, 7) is 0. The summed E-state index contributed by atoms with van der Waals surface area (Å²) in [6, 6.07) is 0. The van der Waals surface area contributed by atoms with Crippen LogP contribution in [0.25, 0.3) is 0 Å². The van der Waals surface area contributed by atoms with Crippen LogP contribution in [0, 0.1) is 0 Å². The number of rotatable bonds is 0. The van der Waals surface area contributed by atoms with Gasteiger partial charge in [0.25, 0.3) is 0 Å². The van der Waals surface area contributed by atoms with Crippen molar-refractivity contribution in [2.75, 3.05) is 0 Å². The largest absolute Gasteiger partial charge is 0.311 e. The quantitative estimate of drug-likeness (QED) is 0.231. The molecule has 6 heteroatoms. The van der Waals surface area contributed by atoms with E-state index in [4.69, 9.17) is 5.84 Å². The Balaban J connectivity index is 2.74. The van der Waals surface area contributed by atoms with E-state index >= 15 is 0 Å². The molecule has 54 valence electrons. The van der Waals surface area contributed by atoms with Gasteiger partial charge in [-0.3, -0.25) is 4.79 Å². The van der Waals surface area contributed by atoms with Gasteiger partial charge in [-0.25, -0.2) is 10.8 Å². The van der Waals surface area contributed by atoms with Gasteiger partial charge < -0.3 is 10.7 Å². The smallest absolute Gasteiger partial charge is 0.233 e. The lowest BCUT2D eigenvalue weighted by Gasteiger charge is -2.11. The number of hydrazine groups is 1. The van der Waals surface area contributed by atoms with E-state index in [-0.39, 0.29) is 17.4 Å². The fraction of sp³-hybridized carbons (Fsp3) is 0.250. The van der Waals surface area contributed by atoms with Gasteiger partial charge in [0.05, 0.1) is 6.42 Å². The molecular weight excluding hydrogens is 152 g/mol. The highest BCUT2D eigenvalue weighted by atomic mass is 32.1. The number of nitrogens with one attached hydrogen (secondary N) is 2. The average molecular weight is 158 g/mol. The number of carbonyl (C=O) groups excluding carboxylic acids is 1. The van der Waals surface area contributed by atoms with Crippen molar-refractivity contribution in [3.8, 4) is 0 Å². The van der Waals surface area contributed by atoms with Gasteiger partial charge in [0, 0.05) is 0 Å². The zero-order chi connectivity index (χ0) is 7.56. The van der Waals surface area contributed by atoms with Gasteiger partial charge in [-0.2, -0.15) is 0 Å². The van der Waals surface area contributed by atoms with Crippen molar-refractivity contribution in [3.63, 3.8) is 0 Å². The summed E-state index contributed by atoms with van der Waals surface area (Å²) in [6.07, 6.45) is 0.163. The molecule has 4 N–H and O–H groups in total. The van der Waals surface area contributed by atoms with Gasteiger partial charge in [-0.05, 0) is 12.2 Å². The molecule has 10 heavy (non-hydrogen) atoms.